The lowest BCUT2D eigenvalue weighted by Gasteiger charge is -2.40. The van der Waals surface area contributed by atoms with Crippen LogP contribution >= 0.6 is 50.7 Å². The molecule has 1 unspecified atom stereocenters. The van der Waals surface area contributed by atoms with E-state index in [0.717, 1.165) is 37.3 Å². The molecule has 39 heavy (non-hydrogen) atoms. The van der Waals surface area contributed by atoms with E-state index < -0.39 is 41.4 Å². The number of alkyl halides is 3. The SMILES string of the molecule is CC(C)C1CC[C@@H](C)C[C@H]1OC(=O)[C@@H]1[C@H](c2ccc(F)c(Br)c2)N=C[C@@]1(c1cc(Cl)c(Cl)c(Cl)c1)C(F)(F)F. The Labute approximate surface area is 248 Å². The normalized spacial score (nSPS) is 29.2. The van der Waals surface area contributed by atoms with Gasteiger partial charge in [0.05, 0.1) is 25.6 Å². The van der Waals surface area contributed by atoms with Crippen LogP contribution in [0, 0.1) is 29.5 Å². The summed E-state index contributed by atoms with van der Waals surface area (Å²) < 4.78 is 65.9. The van der Waals surface area contributed by atoms with Gasteiger partial charge in [-0.3, -0.25) is 9.79 Å². The van der Waals surface area contributed by atoms with Crippen molar-refractivity contribution in [2.24, 2.45) is 28.7 Å². The van der Waals surface area contributed by atoms with Crippen LogP contribution in [0.1, 0.15) is 57.2 Å². The molecule has 0 saturated heterocycles. The molecule has 2 aromatic rings. The minimum atomic E-state index is -5.01. The number of hydrogen-bond acceptors (Lipinski definition) is 3. The van der Waals surface area contributed by atoms with E-state index in [-0.39, 0.29) is 48.4 Å². The summed E-state index contributed by atoms with van der Waals surface area (Å²) in [5, 5.41) is -0.502. The first-order valence-corrected chi connectivity index (χ1v) is 14.5. The van der Waals surface area contributed by atoms with Gasteiger partial charge in [0.15, 0.2) is 0 Å². The molecule has 0 spiro atoms. The van der Waals surface area contributed by atoms with Crippen molar-refractivity contribution >= 4 is 62.9 Å². The lowest BCUT2D eigenvalue weighted by molar-refractivity contribution is -0.197. The van der Waals surface area contributed by atoms with E-state index in [9.17, 15) is 9.18 Å². The number of aliphatic imine (C=N–C) groups is 1. The van der Waals surface area contributed by atoms with E-state index in [1.165, 1.54) is 12.1 Å². The van der Waals surface area contributed by atoms with E-state index in [1.807, 2.05) is 20.8 Å². The monoisotopic (exact) mass is 669 g/mol. The molecule has 11 heteroatoms. The van der Waals surface area contributed by atoms with Crippen LogP contribution in [-0.4, -0.2) is 24.5 Å². The number of carbonyl (C=O) groups excluding carboxylic acids is 1. The minimum absolute atomic E-state index is 0.00518. The highest BCUT2D eigenvalue weighted by Crippen LogP contribution is 2.56. The van der Waals surface area contributed by atoms with E-state index in [4.69, 9.17) is 39.5 Å². The zero-order valence-corrected chi connectivity index (χ0v) is 25.2. The van der Waals surface area contributed by atoms with Gasteiger partial charge < -0.3 is 4.74 Å². The van der Waals surface area contributed by atoms with Gasteiger partial charge in [-0.15, -0.1) is 0 Å². The fourth-order valence-corrected chi connectivity index (χ4v) is 6.83. The average Bonchev–Trinajstić information content (AvgIpc) is 3.26. The highest BCUT2D eigenvalue weighted by molar-refractivity contribution is 9.10. The molecular formula is C28H27BrCl3F4NO2. The maximum atomic E-state index is 15.3. The number of halogens is 8. The number of nitrogens with zero attached hydrogens (tertiary/aromatic N) is 1. The second kappa shape index (κ2) is 11.5. The fourth-order valence-electron chi connectivity index (χ4n) is 5.84. The van der Waals surface area contributed by atoms with Gasteiger partial charge in [0.1, 0.15) is 23.3 Å². The molecule has 1 fully saturated rings. The van der Waals surface area contributed by atoms with Crippen molar-refractivity contribution in [3.63, 3.8) is 0 Å². The minimum Gasteiger partial charge on any atom is -0.462 e. The van der Waals surface area contributed by atoms with Gasteiger partial charge in [0.2, 0.25) is 0 Å². The molecule has 212 valence electrons. The molecule has 1 aliphatic carbocycles. The van der Waals surface area contributed by atoms with Crippen molar-refractivity contribution in [3.05, 3.63) is 66.8 Å². The summed E-state index contributed by atoms with van der Waals surface area (Å²) in [5.41, 5.74) is -3.10. The van der Waals surface area contributed by atoms with Gasteiger partial charge in [-0.2, -0.15) is 13.2 Å². The number of esters is 1. The molecule has 0 aromatic heterocycles. The molecule has 0 N–H and O–H groups in total. The molecule has 0 radical (unpaired) electrons. The van der Waals surface area contributed by atoms with Crippen molar-refractivity contribution < 1.29 is 27.1 Å². The highest BCUT2D eigenvalue weighted by atomic mass is 79.9. The Morgan fingerprint density at radius 1 is 1.13 bits per heavy atom. The molecule has 3 nitrogen and oxygen atoms in total. The number of carbonyl (C=O) groups is 1. The van der Waals surface area contributed by atoms with Crippen LogP contribution in [0.2, 0.25) is 15.1 Å². The second-order valence-corrected chi connectivity index (χ2v) is 12.8. The molecule has 0 bridgehead atoms. The summed E-state index contributed by atoms with van der Waals surface area (Å²) in [5.74, 6) is -3.09. The van der Waals surface area contributed by atoms with E-state index in [0.29, 0.717) is 6.42 Å². The molecule has 6 atom stereocenters. The van der Waals surface area contributed by atoms with Gasteiger partial charge in [-0.25, -0.2) is 4.39 Å². The third-order valence-corrected chi connectivity index (χ3v) is 9.75. The lowest BCUT2D eigenvalue weighted by atomic mass is 9.68. The lowest BCUT2D eigenvalue weighted by Crippen LogP contribution is -2.53. The first-order chi connectivity index (χ1) is 18.2. The summed E-state index contributed by atoms with van der Waals surface area (Å²) in [6.45, 7) is 6.06. The third kappa shape index (κ3) is 5.73. The van der Waals surface area contributed by atoms with Crippen LogP contribution in [0.15, 0.2) is 39.8 Å². The maximum absolute atomic E-state index is 15.3. The van der Waals surface area contributed by atoms with Crippen LogP contribution in [0.4, 0.5) is 17.6 Å². The predicted molar refractivity (Wildman–Crippen MR) is 149 cm³/mol. The summed E-state index contributed by atoms with van der Waals surface area (Å²) in [4.78, 5) is 18.2. The summed E-state index contributed by atoms with van der Waals surface area (Å²) in [6.07, 6.45) is -2.54. The Morgan fingerprint density at radius 3 is 2.33 bits per heavy atom. The van der Waals surface area contributed by atoms with Crippen molar-refractivity contribution in [1.82, 2.24) is 0 Å². The highest BCUT2D eigenvalue weighted by Gasteiger charge is 2.67. The van der Waals surface area contributed by atoms with Crippen LogP contribution in [-0.2, 0) is 14.9 Å². The molecule has 0 amide bonds. The van der Waals surface area contributed by atoms with Gasteiger partial charge in [0, 0.05) is 6.21 Å². The van der Waals surface area contributed by atoms with Crippen LogP contribution < -0.4 is 0 Å². The van der Waals surface area contributed by atoms with Gasteiger partial charge in [-0.1, -0.05) is 68.1 Å². The summed E-state index contributed by atoms with van der Waals surface area (Å²) >= 11 is 21.5. The quantitative estimate of drug-likeness (QED) is 0.180. The second-order valence-electron chi connectivity index (χ2n) is 10.8. The van der Waals surface area contributed by atoms with Gasteiger partial charge in [-0.05, 0) is 81.9 Å². The number of hydrogen-bond donors (Lipinski definition) is 0. The maximum Gasteiger partial charge on any atom is 0.404 e. The smallest absolute Gasteiger partial charge is 0.404 e. The molecule has 4 rings (SSSR count). The summed E-state index contributed by atoms with van der Waals surface area (Å²) in [6, 6.07) is 4.54. The Bertz CT molecular complexity index is 1260. The molecule has 1 heterocycles. The van der Waals surface area contributed by atoms with Crippen molar-refractivity contribution in [3.8, 4) is 0 Å². The largest absolute Gasteiger partial charge is 0.462 e. The van der Waals surface area contributed by atoms with Crippen molar-refractivity contribution in [1.29, 1.82) is 0 Å². The molecular weight excluding hydrogens is 645 g/mol. The predicted octanol–water partition coefficient (Wildman–Crippen LogP) is 9.79. The van der Waals surface area contributed by atoms with Crippen LogP contribution in [0.25, 0.3) is 0 Å². The molecule has 1 saturated carbocycles. The van der Waals surface area contributed by atoms with Crippen LogP contribution in [0.5, 0.6) is 0 Å². The average molecular weight is 672 g/mol. The standard InChI is InChI=1S/C28H27BrCl3F4NO2/c1-13(2)17-6-4-14(3)8-22(17)39-26(38)23-25(15-5-7-21(33)18(29)9-15)37-12-27(23,28(34,35)36)16-10-19(30)24(32)20(31)11-16/h5,7,9-14,17,22-23,25H,4,6,8H2,1-3H3/t14-,17?,22-,23+,25+,27+/m1/s1. The number of ether oxygens (including phenoxy) is 1. The van der Waals surface area contributed by atoms with Gasteiger partial charge >= 0.3 is 12.1 Å². The Morgan fingerprint density at radius 2 is 1.77 bits per heavy atom. The zero-order chi connectivity index (χ0) is 28.9. The topological polar surface area (TPSA) is 38.7 Å². The van der Waals surface area contributed by atoms with E-state index in [2.05, 4.69) is 20.9 Å². The Kier molecular flexibility index (Phi) is 9.02. The van der Waals surface area contributed by atoms with Crippen molar-refractivity contribution in [2.45, 2.75) is 63.8 Å². The molecule has 2 aromatic carbocycles. The number of benzene rings is 2. The summed E-state index contributed by atoms with van der Waals surface area (Å²) in [7, 11) is 0. The van der Waals surface area contributed by atoms with E-state index in [1.54, 1.807) is 0 Å². The molecule has 1 aliphatic heterocycles. The number of rotatable bonds is 5. The van der Waals surface area contributed by atoms with E-state index >= 15 is 13.2 Å². The Balaban J connectivity index is 1.88. The first-order valence-electron chi connectivity index (χ1n) is 12.6. The first kappa shape index (κ1) is 30.6. The Hall–Kier alpha value is -1.35. The fraction of sp³-hybridized carbons (Fsp3) is 0.500. The zero-order valence-electron chi connectivity index (χ0n) is 21.3. The van der Waals surface area contributed by atoms with Crippen molar-refractivity contribution in [2.75, 3.05) is 0 Å². The van der Waals surface area contributed by atoms with Crippen LogP contribution in [0.3, 0.4) is 0 Å². The third-order valence-electron chi connectivity index (χ3n) is 7.94. The van der Waals surface area contributed by atoms with Gasteiger partial charge in [0.25, 0.3) is 0 Å². The molecule has 2 aliphatic rings.